The molecule has 2 fully saturated rings. The van der Waals surface area contributed by atoms with Crippen molar-refractivity contribution in [2.45, 2.75) is 87.8 Å². The van der Waals surface area contributed by atoms with Gasteiger partial charge in [0.05, 0.1) is 18.6 Å². The molecule has 0 bridgehead atoms. The summed E-state index contributed by atoms with van der Waals surface area (Å²) in [6.07, 6.45) is -14.3. The number of aromatic hydroxyl groups is 2. The van der Waals surface area contributed by atoms with Crippen LogP contribution in [0.4, 0.5) is 0 Å². The van der Waals surface area contributed by atoms with Crippen molar-refractivity contribution >= 4 is 5.78 Å². The Balaban J connectivity index is 1.29. The van der Waals surface area contributed by atoms with Gasteiger partial charge in [-0.1, -0.05) is 12.1 Å². The summed E-state index contributed by atoms with van der Waals surface area (Å²) in [7, 11) is 0. The van der Waals surface area contributed by atoms with E-state index in [9.17, 15) is 40.5 Å². The third kappa shape index (κ3) is 5.34. The van der Waals surface area contributed by atoms with Gasteiger partial charge >= 0.3 is 0 Å². The summed E-state index contributed by atoms with van der Waals surface area (Å²) in [5, 5.41) is 71.8. The second-order valence-electron chi connectivity index (χ2n) is 10.2. The van der Waals surface area contributed by atoms with Crippen molar-refractivity contribution in [3.05, 3.63) is 47.5 Å². The number of ether oxygens (including phenoxy) is 5. The molecule has 0 unspecified atom stereocenters. The topological polar surface area (TPSA) is 205 Å². The predicted octanol–water partition coefficient (Wildman–Crippen LogP) is -0.138. The smallest absolute Gasteiger partial charge is 0.229 e. The van der Waals surface area contributed by atoms with Gasteiger partial charge in [0, 0.05) is 12.1 Å². The van der Waals surface area contributed by atoms with Crippen LogP contribution in [-0.4, -0.2) is 103 Å². The second-order valence-corrected chi connectivity index (χ2v) is 10.2. The largest absolute Gasteiger partial charge is 0.508 e. The SMILES string of the molecule is C[C@@H]1O[C@@H](O[C@@H]2[C@@H](O)[C@@H](O)[C@H](Oc3cc(O)c4c(c3)O[C@H](c3ccc(O)cc3)CC4=O)O[C@H]2C)[C@H](O)[C@H](O)[C@H]1O. The number of Topliss-reactive ketones (excluding diaryl/α,β-unsaturated/α-hetero) is 1. The number of aliphatic hydroxyl groups excluding tert-OH is 5. The van der Waals surface area contributed by atoms with Gasteiger partial charge in [0.1, 0.15) is 71.3 Å². The predicted molar refractivity (Wildman–Crippen MR) is 133 cm³/mol. The molecule has 0 aliphatic carbocycles. The number of ketones is 1. The molecule has 13 heteroatoms. The minimum Gasteiger partial charge on any atom is -0.508 e. The van der Waals surface area contributed by atoms with E-state index >= 15 is 0 Å². The van der Waals surface area contributed by atoms with Crippen LogP contribution in [0.15, 0.2) is 36.4 Å². The summed E-state index contributed by atoms with van der Waals surface area (Å²) < 4.78 is 28.5. The highest BCUT2D eigenvalue weighted by Gasteiger charge is 2.49. The number of carbonyl (C=O) groups is 1. The molecule has 11 atom stereocenters. The van der Waals surface area contributed by atoms with Gasteiger partial charge in [0.2, 0.25) is 6.29 Å². The molecular weight excluding hydrogens is 532 g/mol. The lowest BCUT2D eigenvalue weighted by Crippen LogP contribution is -2.63. The standard InChI is InChI=1S/C27H32O13/c1-10-20(31)21(32)23(34)27(36-10)40-25-11(2)37-26(24(35)22(25)33)38-14-7-15(29)19-16(30)9-17(39-18(19)8-14)12-3-5-13(28)6-4-12/h3-8,10-11,17,20-29,31-35H,9H2,1-2H3/t10-,11-,17-,20-,21+,22-,23+,24+,25-,26-,27-/m0/s1. The third-order valence-corrected chi connectivity index (χ3v) is 7.37. The van der Waals surface area contributed by atoms with E-state index in [1.54, 1.807) is 12.1 Å². The molecular formula is C27H32O13. The summed E-state index contributed by atoms with van der Waals surface area (Å²) in [5.74, 6) is -0.679. The van der Waals surface area contributed by atoms with Gasteiger partial charge in [-0.05, 0) is 31.5 Å². The zero-order chi connectivity index (χ0) is 28.9. The molecule has 0 aromatic heterocycles. The van der Waals surface area contributed by atoms with Crippen LogP contribution in [0.2, 0.25) is 0 Å². The summed E-state index contributed by atoms with van der Waals surface area (Å²) in [6, 6.07) is 8.69. The molecule has 218 valence electrons. The minimum absolute atomic E-state index is 0.0183. The number of hydrogen-bond donors (Lipinski definition) is 7. The third-order valence-electron chi connectivity index (χ3n) is 7.37. The maximum absolute atomic E-state index is 12.8. The first kappa shape index (κ1) is 28.5. The molecule has 0 amide bonds. The number of benzene rings is 2. The van der Waals surface area contributed by atoms with Crippen LogP contribution in [0.5, 0.6) is 23.0 Å². The van der Waals surface area contributed by atoms with Gasteiger partial charge in [-0.15, -0.1) is 0 Å². The monoisotopic (exact) mass is 564 g/mol. The van der Waals surface area contributed by atoms with Crippen LogP contribution in [0.1, 0.15) is 42.3 Å². The lowest BCUT2D eigenvalue weighted by atomic mass is 9.95. The molecule has 5 rings (SSSR count). The van der Waals surface area contributed by atoms with E-state index < -0.39 is 73.3 Å². The van der Waals surface area contributed by atoms with Crippen molar-refractivity contribution in [2.24, 2.45) is 0 Å². The normalized spacial score (nSPS) is 37.9. The van der Waals surface area contributed by atoms with Crippen LogP contribution < -0.4 is 9.47 Å². The highest BCUT2D eigenvalue weighted by Crippen LogP contribution is 2.43. The molecule has 40 heavy (non-hydrogen) atoms. The van der Waals surface area contributed by atoms with Gasteiger partial charge in [0.15, 0.2) is 12.1 Å². The van der Waals surface area contributed by atoms with Crippen molar-refractivity contribution < 1.29 is 64.2 Å². The van der Waals surface area contributed by atoms with Gasteiger partial charge in [-0.3, -0.25) is 4.79 Å². The average Bonchev–Trinajstić information content (AvgIpc) is 2.91. The van der Waals surface area contributed by atoms with Crippen LogP contribution >= 0.6 is 0 Å². The highest BCUT2D eigenvalue weighted by atomic mass is 16.7. The van der Waals surface area contributed by atoms with Crippen molar-refractivity contribution in [3.8, 4) is 23.0 Å². The fourth-order valence-corrected chi connectivity index (χ4v) is 5.06. The molecule has 3 heterocycles. The van der Waals surface area contributed by atoms with Crippen LogP contribution in [0, 0.1) is 0 Å². The number of rotatable bonds is 5. The Kier molecular flexibility index (Phi) is 7.92. The van der Waals surface area contributed by atoms with Crippen molar-refractivity contribution in [2.75, 3.05) is 0 Å². The molecule has 7 N–H and O–H groups in total. The maximum Gasteiger partial charge on any atom is 0.229 e. The van der Waals surface area contributed by atoms with E-state index in [4.69, 9.17) is 23.7 Å². The quantitative estimate of drug-likeness (QED) is 0.253. The van der Waals surface area contributed by atoms with E-state index in [0.29, 0.717) is 5.56 Å². The summed E-state index contributed by atoms with van der Waals surface area (Å²) in [5.41, 5.74) is 0.613. The van der Waals surface area contributed by atoms with E-state index in [-0.39, 0.29) is 35.0 Å². The fourth-order valence-electron chi connectivity index (χ4n) is 5.06. The van der Waals surface area contributed by atoms with Crippen LogP contribution in [0.25, 0.3) is 0 Å². The zero-order valence-corrected chi connectivity index (χ0v) is 21.6. The van der Waals surface area contributed by atoms with Crippen molar-refractivity contribution in [1.29, 1.82) is 0 Å². The molecule has 2 aromatic rings. The summed E-state index contributed by atoms with van der Waals surface area (Å²) >= 11 is 0. The van der Waals surface area contributed by atoms with Crippen molar-refractivity contribution in [3.63, 3.8) is 0 Å². The number of phenolic OH excluding ortho intramolecular Hbond substituents is 2. The molecule has 0 radical (unpaired) electrons. The van der Waals surface area contributed by atoms with Crippen LogP contribution in [0.3, 0.4) is 0 Å². The maximum atomic E-state index is 12.8. The second kappa shape index (κ2) is 11.1. The molecule has 0 spiro atoms. The average molecular weight is 565 g/mol. The summed E-state index contributed by atoms with van der Waals surface area (Å²) in [4.78, 5) is 12.8. The first-order valence-electron chi connectivity index (χ1n) is 12.8. The van der Waals surface area contributed by atoms with Gasteiger partial charge in [-0.2, -0.15) is 0 Å². The van der Waals surface area contributed by atoms with E-state index in [1.807, 2.05) is 0 Å². The van der Waals surface area contributed by atoms with E-state index in [2.05, 4.69) is 0 Å². The first-order valence-corrected chi connectivity index (χ1v) is 12.8. The van der Waals surface area contributed by atoms with E-state index in [1.165, 1.54) is 32.0 Å². The van der Waals surface area contributed by atoms with Crippen LogP contribution in [-0.2, 0) is 14.2 Å². The summed E-state index contributed by atoms with van der Waals surface area (Å²) in [6.45, 7) is 3.00. The van der Waals surface area contributed by atoms with Gasteiger partial charge in [-0.25, -0.2) is 0 Å². The molecule has 13 nitrogen and oxygen atoms in total. The molecule has 2 saturated heterocycles. The number of hydrogen-bond acceptors (Lipinski definition) is 13. The van der Waals surface area contributed by atoms with Gasteiger partial charge < -0.3 is 59.4 Å². The highest BCUT2D eigenvalue weighted by molar-refractivity contribution is 6.02. The number of aliphatic hydroxyl groups is 5. The number of fused-ring (bicyclic) bond motifs is 1. The molecule has 3 aliphatic heterocycles. The fraction of sp³-hybridized carbons (Fsp3) is 0.519. The Morgan fingerprint density at radius 3 is 2.15 bits per heavy atom. The Morgan fingerprint density at radius 2 is 1.45 bits per heavy atom. The van der Waals surface area contributed by atoms with E-state index in [0.717, 1.165) is 6.07 Å². The van der Waals surface area contributed by atoms with Gasteiger partial charge in [0.25, 0.3) is 0 Å². The Labute approximate surface area is 228 Å². The zero-order valence-electron chi connectivity index (χ0n) is 21.6. The number of phenols is 2. The van der Waals surface area contributed by atoms with Crippen molar-refractivity contribution in [1.82, 2.24) is 0 Å². The Morgan fingerprint density at radius 1 is 0.800 bits per heavy atom. The Bertz CT molecular complexity index is 1220. The minimum atomic E-state index is -1.67. The molecule has 3 aliphatic rings. The Hall–Kier alpha value is -3.01. The number of carbonyl (C=O) groups excluding carboxylic acids is 1. The lowest BCUT2D eigenvalue weighted by molar-refractivity contribution is -0.345. The molecule has 2 aromatic carbocycles. The molecule has 0 saturated carbocycles. The lowest BCUT2D eigenvalue weighted by Gasteiger charge is -2.45. The first-order chi connectivity index (χ1) is 18.9.